The van der Waals surface area contributed by atoms with Gasteiger partial charge in [-0.3, -0.25) is 4.79 Å². The van der Waals surface area contributed by atoms with Crippen molar-refractivity contribution in [2.75, 3.05) is 0 Å². The van der Waals surface area contributed by atoms with Crippen molar-refractivity contribution in [3.63, 3.8) is 0 Å². The number of rotatable bonds is 2. The van der Waals surface area contributed by atoms with E-state index in [1.165, 1.54) is 31.4 Å². The smallest absolute Gasteiger partial charge is 0.182 e. The number of hydrogen-bond donors (Lipinski definition) is 1. The lowest BCUT2D eigenvalue weighted by molar-refractivity contribution is 0.0945. The van der Waals surface area contributed by atoms with Gasteiger partial charge in [-0.15, -0.1) is 0 Å². The van der Waals surface area contributed by atoms with Crippen molar-refractivity contribution in [2.45, 2.75) is 44.2 Å². The van der Waals surface area contributed by atoms with Gasteiger partial charge in [-0.25, -0.2) is 4.39 Å². The van der Waals surface area contributed by atoms with Gasteiger partial charge in [0, 0.05) is 11.1 Å². The summed E-state index contributed by atoms with van der Waals surface area (Å²) in [4.78, 5) is 12.4. The average Bonchev–Trinajstić information content (AvgIpc) is 2.81. The summed E-state index contributed by atoms with van der Waals surface area (Å²) in [6, 6.07) is 4.47. The molecule has 19 heavy (non-hydrogen) atoms. The molecule has 1 aliphatic heterocycles. The first-order valence-electron chi connectivity index (χ1n) is 6.90. The van der Waals surface area contributed by atoms with E-state index in [9.17, 15) is 9.18 Å². The van der Waals surface area contributed by atoms with Crippen molar-refractivity contribution in [1.29, 1.82) is 0 Å². The minimum atomic E-state index is -0.519. The zero-order valence-electron chi connectivity index (χ0n) is 10.7. The Labute approximate surface area is 117 Å². The van der Waals surface area contributed by atoms with Crippen molar-refractivity contribution < 1.29 is 9.18 Å². The van der Waals surface area contributed by atoms with Crippen molar-refractivity contribution in [2.24, 2.45) is 5.92 Å². The summed E-state index contributed by atoms with van der Waals surface area (Å²) >= 11 is 5.71. The predicted octanol–water partition coefficient (Wildman–Crippen LogP) is 3.58. The van der Waals surface area contributed by atoms with Crippen LogP contribution in [0.3, 0.4) is 0 Å². The Hall–Kier alpha value is -0.930. The fraction of sp³-hybridized carbons (Fsp3) is 0.533. The lowest BCUT2D eigenvalue weighted by Gasteiger charge is -2.24. The molecule has 0 spiro atoms. The number of Topliss-reactive ketones (excluding diaryl/α,β-unsaturated/α-hetero) is 1. The molecule has 1 aliphatic carbocycles. The number of benzene rings is 1. The number of carbonyl (C=O) groups excluding carboxylic acids is 1. The first-order chi connectivity index (χ1) is 9.15. The van der Waals surface area contributed by atoms with Crippen molar-refractivity contribution in [3.05, 3.63) is 34.6 Å². The third-order valence-corrected chi connectivity index (χ3v) is 4.61. The molecule has 1 aromatic rings. The van der Waals surface area contributed by atoms with Crippen LogP contribution < -0.4 is 5.32 Å². The summed E-state index contributed by atoms with van der Waals surface area (Å²) in [7, 11) is 0. The molecular weight excluding hydrogens is 265 g/mol. The van der Waals surface area contributed by atoms with Crippen LogP contribution in [-0.4, -0.2) is 17.9 Å². The van der Waals surface area contributed by atoms with Gasteiger partial charge in [-0.1, -0.05) is 24.4 Å². The van der Waals surface area contributed by atoms with Gasteiger partial charge in [0.1, 0.15) is 5.82 Å². The van der Waals surface area contributed by atoms with Crippen LogP contribution in [-0.2, 0) is 0 Å². The first-order valence-corrected chi connectivity index (χ1v) is 7.28. The van der Waals surface area contributed by atoms with E-state index in [0.29, 0.717) is 17.0 Å². The summed E-state index contributed by atoms with van der Waals surface area (Å²) in [6.45, 7) is 0. The molecule has 3 unspecified atom stereocenters. The Morgan fingerprint density at radius 2 is 2.11 bits per heavy atom. The van der Waals surface area contributed by atoms with Crippen molar-refractivity contribution in [1.82, 2.24) is 5.32 Å². The second-order valence-electron chi connectivity index (χ2n) is 5.59. The number of nitrogens with one attached hydrogen (secondary N) is 1. The molecule has 0 bridgehead atoms. The molecule has 3 rings (SSSR count). The Morgan fingerprint density at radius 3 is 2.84 bits per heavy atom. The van der Waals surface area contributed by atoms with E-state index in [1.807, 2.05) is 0 Å². The molecule has 1 saturated heterocycles. The van der Waals surface area contributed by atoms with Crippen LogP contribution in [0.2, 0.25) is 5.02 Å². The number of carbonyl (C=O) groups is 1. The summed E-state index contributed by atoms with van der Waals surface area (Å²) in [5.74, 6) is -0.0733. The Morgan fingerprint density at radius 1 is 1.32 bits per heavy atom. The van der Waals surface area contributed by atoms with Crippen LogP contribution in [0.4, 0.5) is 4.39 Å². The quantitative estimate of drug-likeness (QED) is 0.840. The minimum Gasteiger partial charge on any atom is -0.304 e. The fourth-order valence-electron chi connectivity index (χ4n) is 3.40. The average molecular weight is 282 g/mol. The van der Waals surface area contributed by atoms with E-state index >= 15 is 0 Å². The maximum atomic E-state index is 13.8. The minimum absolute atomic E-state index is 0.136. The Balaban J connectivity index is 1.77. The molecule has 4 heteroatoms. The second kappa shape index (κ2) is 5.22. The summed E-state index contributed by atoms with van der Waals surface area (Å²) in [5, 5.41) is 3.71. The highest BCUT2D eigenvalue weighted by atomic mass is 35.5. The SMILES string of the molecule is O=C(c1ccc(Cl)cc1F)C1CC2CCCCC2N1. The van der Waals surface area contributed by atoms with Gasteiger partial charge in [-0.2, -0.15) is 0 Å². The van der Waals surface area contributed by atoms with Gasteiger partial charge < -0.3 is 5.32 Å². The highest BCUT2D eigenvalue weighted by Gasteiger charge is 2.38. The van der Waals surface area contributed by atoms with Crippen LogP contribution in [0.5, 0.6) is 0 Å². The van der Waals surface area contributed by atoms with Gasteiger partial charge in [0.2, 0.25) is 0 Å². The molecular formula is C15H17ClFNO. The van der Waals surface area contributed by atoms with Crippen molar-refractivity contribution in [3.8, 4) is 0 Å². The zero-order valence-corrected chi connectivity index (χ0v) is 11.4. The predicted molar refractivity (Wildman–Crippen MR) is 73.0 cm³/mol. The van der Waals surface area contributed by atoms with E-state index in [2.05, 4.69) is 5.32 Å². The largest absolute Gasteiger partial charge is 0.304 e. The molecule has 1 N–H and O–H groups in total. The van der Waals surface area contributed by atoms with Crippen LogP contribution in [0.1, 0.15) is 42.5 Å². The molecule has 102 valence electrons. The van der Waals surface area contributed by atoms with E-state index in [4.69, 9.17) is 11.6 Å². The highest BCUT2D eigenvalue weighted by molar-refractivity contribution is 6.30. The van der Waals surface area contributed by atoms with Gasteiger partial charge >= 0.3 is 0 Å². The lowest BCUT2D eigenvalue weighted by Crippen LogP contribution is -2.37. The summed E-state index contributed by atoms with van der Waals surface area (Å²) in [6.07, 6.45) is 5.64. The number of fused-ring (bicyclic) bond motifs is 1. The first kappa shape index (κ1) is 13.1. The third kappa shape index (κ3) is 2.54. The molecule has 3 atom stereocenters. The molecule has 0 aromatic heterocycles. The molecule has 2 fully saturated rings. The highest BCUT2D eigenvalue weighted by Crippen LogP contribution is 2.34. The van der Waals surface area contributed by atoms with Gasteiger partial charge in [0.25, 0.3) is 0 Å². The van der Waals surface area contributed by atoms with Gasteiger partial charge in [0.05, 0.1) is 11.6 Å². The van der Waals surface area contributed by atoms with Crippen LogP contribution in [0, 0.1) is 11.7 Å². The molecule has 2 aliphatic rings. The molecule has 2 nitrogen and oxygen atoms in total. The summed E-state index contributed by atoms with van der Waals surface area (Å²) in [5.41, 5.74) is 0.153. The molecule has 0 radical (unpaired) electrons. The van der Waals surface area contributed by atoms with E-state index < -0.39 is 5.82 Å². The Kier molecular flexibility index (Phi) is 3.59. The molecule has 1 aromatic carbocycles. The lowest BCUT2D eigenvalue weighted by atomic mass is 9.84. The fourth-order valence-corrected chi connectivity index (χ4v) is 3.56. The topological polar surface area (TPSA) is 29.1 Å². The Bertz CT molecular complexity index is 491. The maximum absolute atomic E-state index is 13.8. The van der Waals surface area contributed by atoms with E-state index in [0.717, 1.165) is 12.8 Å². The van der Waals surface area contributed by atoms with Crippen molar-refractivity contribution >= 4 is 17.4 Å². The van der Waals surface area contributed by atoms with E-state index in [-0.39, 0.29) is 17.4 Å². The van der Waals surface area contributed by atoms with E-state index in [1.54, 1.807) is 6.07 Å². The number of hydrogen-bond acceptors (Lipinski definition) is 2. The number of ketones is 1. The normalized spacial score (nSPS) is 30.1. The molecule has 0 amide bonds. The monoisotopic (exact) mass is 281 g/mol. The standard InChI is InChI=1S/C15H17ClFNO/c16-10-5-6-11(12(17)8-10)15(19)14-7-9-3-1-2-4-13(9)18-14/h5-6,8-9,13-14,18H,1-4,7H2. The third-order valence-electron chi connectivity index (χ3n) is 4.38. The van der Waals surface area contributed by atoms with Gasteiger partial charge in [-0.05, 0) is 43.4 Å². The molecule has 1 saturated carbocycles. The number of halogens is 2. The van der Waals surface area contributed by atoms with Crippen LogP contribution in [0.15, 0.2) is 18.2 Å². The summed E-state index contributed by atoms with van der Waals surface area (Å²) < 4.78 is 13.8. The van der Waals surface area contributed by atoms with Crippen LogP contribution in [0.25, 0.3) is 0 Å². The molecule has 1 heterocycles. The second-order valence-corrected chi connectivity index (χ2v) is 6.03. The van der Waals surface area contributed by atoms with Gasteiger partial charge in [0.15, 0.2) is 5.78 Å². The van der Waals surface area contributed by atoms with Crippen LogP contribution >= 0.6 is 11.6 Å². The maximum Gasteiger partial charge on any atom is 0.182 e. The zero-order chi connectivity index (χ0) is 13.4.